The van der Waals surface area contributed by atoms with E-state index >= 15 is 0 Å². The van der Waals surface area contributed by atoms with E-state index in [9.17, 15) is 9.59 Å². The Bertz CT molecular complexity index is 715. The van der Waals surface area contributed by atoms with Gasteiger partial charge < -0.3 is 11.1 Å². The maximum atomic E-state index is 12.2. The van der Waals surface area contributed by atoms with Crippen LogP contribution in [0.3, 0.4) is 0 Å². The van der Waals surface area contributed by atoms with Gasteiger partial charge in [0.1, 0.15) is 0 Å². The average molecular weight is 432 g/mol. The van der Waals surface area contributed by atoms with Crippen molar-refractivity contribution in [3.8, 4) is 0 Å². The van der Waals surface area contributed by atoms with Crippen molar-refractivity contribution < 1.29 is 9.59 Å². The van der Waals surface area contributed by atoms with Crippen molar-refractivity contribution >= 4 is 61.0 Å². The van der Waals surface area contributed by atoms with E-state index in [2.05, 4.69) is 37.2 Å². The summed E-state index contributed by atoms with van der Waals surface area (Å²) in [6, 6.07) is 9.74. The molecule has 4 nitrogen and oxygen atoms in total. The van der Waals surface area contributed by atoms with Crippen molar-refractivity contribution in [3.05, 3.63) is 61.5 Å². The fraction of sp³-hybridized carbons (Fsp3) is 0. The van der Waals surface area contributed by atoms with Gasteiger partial charge in [0.25, 0.3) is 5.91 Å². The molecule has 2 rings (SSSR count). The van der Waals surface area contributed by atoms with E-state index < -0.39 is 5.91 Å². The lowest BCUT2D eigenvalue weighted by Crippen LogP contribution is -2.15. The van der Waals surface area contributed by atoms with E-state index in [1.165, 1.54) is 12.1 Å². The molecule has 0 heterocycles. The highest BCUT2D eigenvalue weighted by molar-refractivity contribution is 9.11. The minimum atomic E-state index is -0.652. The van der Waals surface area contributed by atoms with Gasteiger partial charge >= 0.3 is 0 Å². The van der Waals surface area contributed by atoms with Crippen LogP contribution in [-0.2, 0) is 0 Å². The fourth-order valence-electron chi connectivity index (χ4n) is 1.68. The summed E-state index contributed by atoms with van der Waals surface area (Å²) in [5, 5.41) is 2.93. The highest BCUT2D eigenvalue weighted by Gasteiger charge is 2.11. The van der Waals surface area contributed by atoms with Gasteiger partial charge in [0.2, 0.25) is 5.91 Å². The number of carbonyl (C=O) groups excluding carboxylic acids is 2. The topological polar surface area (TPSA) is 72.2 Å². The Morgan fingerprint density at radius 3 is 2.24 bits per heavy atom. The molecule has 0 atom stereocenters. The lowest BCUT2D eigenvalue weighted by molar-refractivity contribution is 0.0996. The van der Waals surface area contributed by atoms with Crippen molar-refractivity contribution in [3.63, 3.8) is 0 Å². The van der Waals surface area contributed by atoms with Crippen molar-refractivity contribution in [2.75, 3.05) is 5.32 Å². The van der Waals surface area contributed by atoms with Gasteiger partial charge in [0.15, 0.2) is 0 Å². The maximum absolute atomic E-state index is 12.2. The normalized spacial score (nSPS) is 10.2. The van der Waals surface area contributed by atoms with Crippen LogP contribution in [-0.4, -0.2) is 11.8 Å². The predicted octanol–water partition coefficient (Wildman–Crippen LogP) is 4.22. The zero-order valence-electron chi connectivity index (χ0n) is 10.5. The van der Waals surface area contributed by atoms with Crippen LogP contribution in [0, 0.1) is 0 Å². The second kappa shape index (κ2) is 6.60. The quantitative estimate of drug-likeness (QED) is 0.763. The number of carbonyl (C=O) groups is 2. The van der Waals surface area contributed by atoms with E-state index in [0.717, 1.165) is 8.95 Å². The largest absolute Gasteiger partial charge is 0.366 e. The van der Waals surface area contributed by atoms with Crippen LogP contribution >= 0.6 is 43.5 Å². The minimum Gasteiger partial charge on any atom is -0.366 e. The summed E-state index contributed by atoms with van der Waals surface area (Å²) in [7, 11) is 0. The molecule has 0 unspecified atom stereocenters. The van der Waals surface area contributed by atoms with Gasteiger partial charge in [0, 0.05) is 20.2 Å². The summed E-state index contributed by atoms with van der Waals surface area (Å²) in [6.45, 7) is 0. The van der Waals surface area contributed by atoms with Gasteiger partial charge in [-0.15, -0.1) is 0 Å². The molecule has 0 bridgehead atoms. The van der Waals surface area contributed by atoms with Crippen LogP contribution < -0.4 is 11.1 Å². The highest BCUT2D eigenvalue weighted by atomic mass is 79.9. The molecule has 21 heavy (non-hydrogen) atoms. The van der Waals surface area contributed by atoms with Gasteiger partial charge in [-0.3, -0.25) is 9.59 Å². The molecule has 0 radical (unpaired) electrons. The molecule has 2 amide bonds. The molecule has 0 fully saturated rings. The number of halogens is 3. The minimum absolute atomic E-state index is 0.157. The summed E-state index contributed by atoms with van der Waals surface area (Å²) in [4.78, 5) is 23.4. The molecular formula is C14H9Br2ClN2O2. The zero-order valence-corrected chi connectivity index (χ0v) is 14.4. The number of primary amides is 1. The summed E-state index contributed by atoms with van der Waals surface area (Å²) in [5.74, 6) is -0.962. The first-order valence-corrected chi connectivity index (χ1v) is 7.70. The molecule has 0 aliphatic carbocycles. The van der Waals surface area contributed by atoms with E-state index in [0.29, 0.717) is 11.3 Å². The highest BCUT2D eigenvalue weighted by Crippen LogP contribution is 2.23. The maximum Gasteiger partial charge on any atom is 0.255 e. The molecule has 0 aliphatic rings. The van der Waals surface area contributed by atoms with Gasteiger partial charge in [-0.05, 0) is 36.4 Å². The molecular weight excluding hydrogens is 423 g/mol. The molecule has 2 aromatic rings. The number of rotatable bonds is 3. The number of benzene rings is 2. The molecule has 0 saturated heterocycles. The third-order valence-corrected chi connectivity index (χ3v) is 3.86. The molecule has 0 aromatic heterocycles. The number of hydrogen-bond acceptors (Lipinski definition) is 2. The molecule has 7 heteroatoms. The summed E-state index contributed by atoms with van der Waals surface area (Å²) in [5.41, 5.74) is 6.28. The van der Waals surface area contributed by atoms with Crippen LogP contribution in [0.15, 0.2) is 45.3 Å². The van der Waals surface area contributed by atoms with Crippen LogP contribution in [0.25, 0.3) is 0 Å². The third kappa shape index (κ3) is 4.06. The first kappa shape index (κ1) is 16.0. The van der Waals surface area contributed by atoms with Crippen molar-refractivity contribution in [1.29, 1.82) is 0 Å². The zero-order chi connectivity index (χ0) is 15.6. The standard InChI is InChI=1S/C14H9Br2ClN2O2/c15-8-3-7(4-9(16)5-8)14(21)19-10-1-2-12(17)11(6-10)13(18)20/h1-6H,(H2,18,20)(H,19,21). The Hall–Kier alpha value is -1.37. The van der Waals surface area contributed by atoms with Gasteiger partial charge in [-0.25, -0.2) is 0 Å². The van der Waals surface area contributed by atoms with E-state index in [1.807, 2.05) is 6.07 Å². The van der Waals surface area contributed by atoms with Gasteiger partial charge in [-0.2, -0.15) is 0 Å². The fourth-order valence-corrected chi connectivity index (χ4v) is 3.18. The summed E-state index contributed by atoms with van der Waals surface area (Å²) < 4.78 is 1.55. The second-order valence-electron chi connectivity index (χ2n) is 4.17. The first-order chi connectivity index (χ1) is 9.86. The molecule has 3 N–H and O–H groups in total. The Labute approximate surface area is 142 Å². The van der Waals surface area contributed by atoms with Crippen molar-refractivity contribution in [1.82, 2.24) is 0 Å². The van der Waals surface area contributed by atoms with Crippen molar-refractivity contribution in [2.45, 2.75) is 0 Å². The molecule has 0 spiro atoms. The number of nitrogens with one attached hydrogen (secondary N) is 1. The number of amides is 2. The lowest BCUT2D eigenvalue weighted by atomic mass is 10.1. The van der Waals surface area contributed by atoms with E-state index in [1.54, 1.807) is 18.2 Å². The number of hydrogen-bond donors (Lipinski definition) is 2. The lowest BCUT2D eigenvalue weighted by Gasteiger charge is -2.08. The number of nitrogens with two attached hydrogens (primary N) is 1. The monoisotopic (exact) mass is 430 g/mol. The van der Waals surface area contributed by atoms with Crippen LogP contribution in [0.4, 0.5) is 5.69 Å². The Morgan fingerprint density at radius 2 is 1.67 bits per heavy atom. The molecule has 0 aliphatic heterocycles. The predicted molar refractivity (Wildman–Crippen MR) is 89.8 cm³/mol. The van der Waals surface area contributed by atoms with E-state index in [4.69, 9.17) is 17.3 Å². The third-order valence-electron chi connectivity index (χ3n) is 2.61. The van der Waals surface area contributed by atoms with Crippen LogP contribution in [0.1, 0.15) is 20.7 Å². The smallest absolute Gasteiger partial charge is 0.255 e. The first-order valence-electron chi connectivity index (χ1n) is 5.73. The van der Waals surface area contributed by atoms with E-state index in [-0.39, 0.29) is 16.5 Å². The molecule has 2 aromatic carbocycles. The van der Waals surface area contributed by atoms with Crippen LogP contribution in [0.2, 0.25) is 5.02 Å². The number of anilines is 1. The van der Waals surface area contributed by atoms with Crippen LogP contribution in [0.5, 0.6) is 0 Å². The van der Waals surface area contributed by atoms with Gasteiger partial charge in [0.05, 0.1) is 10.6 Å². The Balaban J connectivity index is 2.27. The summed E-state index contributed by atoms with van der Waals surface area (Å²) in [6.07, 6.45) is 0. The SMILES string of the molecule is NC(=O)c1cc(NC(=O)c2cc(Br)cc(Br)c2)ccc1Cl. The van der Waals surface area contributed by atoms with Crippen molar-refractivity contribution in [2.24, 2.45) is 5.73 Å². The van der Waals surface area contributed by atoms with Gasteiger partial charge in [-0.1, -0.05) is 43.5 Å². The summed E-state index contributed by atoms with van der Waals surface area (Å²) >= 11 is 12.5. The second-order valence-corrected chi connectivity index (χ2v) is 6.41. The molecule has 108 valence electrons. The Kier molecular flexibility index (Phi) is 5.03. The molecule has 0 saturated carbocycles. The average Bonchev–Trinajstić information content (AvgIpc) is 2.39. The Morgan fingerprint density at radius 1 is 1.05 bits per heavy atom.